The van der Waals surface area contributed by atoms with Crippen molar-refractivity contribution in [3.05, 3.63) is 0 Å². The summed E-state index contributed by atoms with van der Waals surface area (Å²) in [6, 6.07) is -0.363. The highest BCUT2D eigenvalue weighted by Crippen LogP contribution is 2.24. The topological polar surface area (TPSA) is 78.4 Å². The predicted octanol–water partition coefficient (Wildman–Crippen LogP) is 0.799. The van der Waals surface area contributed by atoms with E-state index in [9.17, 15) is 14.7 Å². The maximum Gasteiger partial charge on any atom is 0.308 e. The third-order valence-corrected chi connectivity index (χ3v) is 4.63. The molecule has 0 aromatic heterocycles. The second-order valence-electron chi connectivity index (χ2n) is 4.97. The van der Waals surface area contributed by atoms with E-state index < -0.39 is 11.9 Å². The molecular weight excluding hydrogens is 252 g/mol. The molecule has 1 aliphatic heterocycles. The lowest BCUT2D eigenvalue weighted by Crippen LogP contribution is -2.49. The van der Waals surface area contributed by atoms with Crippen molar-refractivity contribution in [2.45, 2.75) is 44.2 Å². The average molecular weight is 272 g/mol. The van der Waals surface area contributed by atoms with Gasteiger partial charge in [0.1, 0.15) is 0 Å². The average Bonchev–Trinajstić information content (AvgIpc) is 2.77. The van der Waals surface area contributed by atoms with Gasteiger partial charge in [0.25, 0.3) is 0 Å². The van der Waals surface area contributed by atoms with Crippen molar-refractivity contribution in [3.63, 3.8) is 0 Å². The fourth-order valence-corrected chi connectivity index (χ4v) is 3.56. The molecule has 0 spiro atoms. The third kappa shape index (κ3) is 3.38. The van der Waals surface area contributed by atoms with E-state index in [-0.39, 0.29) is 18.0 Å². The van der Waals surface area contributed by atoms with Crippen molar-refractivity contribution in [1.29, 1.82) is 0 Å². The first kappa shape index (κ1) is 13.7. The van der Waals surface area contributed by atoms with Crippen LogP contribution in [0.1, 0.15) is 32.1 Å². The van der Waals surface area contributed by atoms with Gasteiger partial charge in [0, 0.05) is 17.7 Å². The van der Waals surface area contributed by atoms with Crippen LogP contribution in [0.15, 0.2) is 0 Å². The van der Waals surface area contributed by atoms with Crippen LogP contribution in [0.5, 0.6) is 0 Å². The molecule has 0 bridgehead atoms. The zero-order chi connectivity index (χ0) is 13.0. The minimum atomic E-state index is -0.782. The molecule has 18 heavy (non-hydrogen) atoms. The largest absolute Gasteiger partial charge is 0.481 e. The standard InChI is InChI=1S/C12H20N2O3S/c15-11(10-6-18-7-13-10)14-9-5-3-1-2-4-8(9)12(16)17/h8-10,13H,1-7H2,(H,14,15)(H,16,17). The number of carbonyl (C=O) groups excluding carboxylic acids is 1. The number of carbonyl (C=O) groups is 2. The summed E-state index contributed by atoms with van der Waals surface area (Å²) in [5, 5.41) is 15.3. The number of carboxylic acids is 1. The van der Waals surface area contributed by atoms with E-state index in [1.165, 1.54) is 0 Å². The number of aliphatic carboxylic acids is 1. The van der Waals surface area contributed by atoms with Crippen molar-refractivity contribution in [3.8, 4) is 0 Å². The Morgan fingerprint density at radius 3 is 2.67 bits per heavy atom. The molecule has 102 valence electrons. The summed E-state index contributed by atoms with van der Waals surface area (Å²) in [7, 11) is 0. The lowest BCUT2D eigenvalue weighted by atomic mass is 9.94. The van der Waals surface area contributed by atoms with Crippen LogP contribution in [0.2, 0.25) is 0 Å². The van der Waals surface area contributed by atoms with E-state index in [1.807, 2.05) is 0 Å². The third-order valence-electron chi connectivity index (χ3n) is 3.69. The van der Waals surface area contributed by atoms with Gasteiger partial charge in [-0.1, -0.05) is 19.3 Å². The summed E-state index contributed by atoms with van der Waals surface area (Å²) in [5.74, 6) is 0.320. The first-order valence-electron chi connectivity index (χ1n) is 6.53. The molecule has 1 aliphatic carbocycles. The normalized spacial score (nSPS) is 32.8. The second kappa shape index (κ2) is 6.43. The van der Waals surface area contributed by atoms with Crippen LogP contribution in [0.4, 0.5) is 0 Å². The number of rotatable bonds is 3. The molecule has 0 aromatic rings. The number of amides is 1. The smallest absolute Gasteiger partial charge is 0.308 e. The van der Waals surface area contributed by atoms with E-state index in [2.05, 4.69) is 10.6 Å². The maximum atomic E-state index is 12.0. The number of hydrogen-bond acceptors (Lipinski definition) is 4. The van der Waals surface area contributed by atoms with E-state index in [4.69, 9.17) is 0 Å². The Labute approximate surface area is 111 Å². The highest BCUT2D eigenvalue weighted by Gasteiger charge is 2.32. The Bertz CT molecular complexity index is 318. The Morgan fingerprint density at radius 1 is 1.22 bits per heavy atom. The minimum Gasteiger partial charge on any atom is -0.481 e. The van der Waals surface area contributed by atoms with Crippen molar-refractivity contribution in [2.75, 3.05) is 11.6 Å². The summed E-state index contributed by atoms with van der Waals surface area (Å²) in [6.07, 6.45) is 4.46. The van der Waals surface area contributed by atoms with Crippen LogP contribution in [-0.2, 0) is 9.59 Å². The van der Waals surface area contributed by atoms with Crippen LogP contribution in [0.25, 0.3) is 0 Å². The lowest BCUT2D eigenvalue weighted by molar-refractivity contribution is -0.143. The van der Waals surface area contributed by atoms with Gasteiger partial charge >= 0.3 is 5.97 Å². The zero-order valence-corrected chi connectivity index (χ0v) is 11.2. The van der Waals surface area contributed by atoms with Gasteiger partial charge in [0.2, 0.25) is 5.91 Å². The van der Waals surface area contributed by atoms with Crippen molar-refractivity contribution in [1.82, 2.24) is 10.6 Å². The molecule has 2 fully saturated rings. The molecule has 5 nitrogen and oxygen atoms in total. The van der Waals surface area contributed by atoms with Crippen molar-refractivity contribution in [2.24, 2.45) is 5.92 Å². The molecule has 3 N–H and O–H groups in total. The molecule has 3 unspecified atom stereocenters. The van der Waals surface area contributed by atoms with Crippen LogP contribution < -0.4 is 10.6 Å². The summed E-state index contributed by atoms with van der Waals surface area (Å²) >= 11 is 1.70. The SMILES string of the molecule is O=C(NC1CCCCCC1C(=O)O)C1CSCN1. The van der Waals surface area contributed by atoms with Gasteiger partial charge in [-0.2, -0.15) is 0 Å². The summed E-state index contributed by atoms with van der Waals surface area (Å²) in [4.78, 5) is 23.3. The molecule has 1 amide bonds. The monoisotopic (exact) mass is 272 g/mol. The lowest BCUT2D eigenvalue weighted by Gasteiger charge is -2.24. The Hall–Kier alpha value is -0.750. The fourth-order valence-electron chi connectivity index (χ4n) is 2.62. The number of hydrogen-bond donors (Lipinski definition) is 3. The van der Waals surface area contributed by atoms with Gasteiger partial charge in [-0.05, 0) is 12.8 Å². The van der Waals surface area contributed by atoms with E-state index in [1.54, 1.807) is 11.8 Å². The van der Waals surface area contributed by atoms with Gasteiger partial charge in [0.05, 0.1) is 12.0 Å². The van der Waals surface area contributed by atoms with Gasteiger partial charge in [0.15, 0.2) is 0 Å². The highest BCUT2D eigenvalue weighted by molar-refractivity contribution is 7.99. The first-order valence-corrected chi connectivity index (χ1v) is 7.68. The number of nitrogens with one attached hydrogen (secondary N) is 2. The highest BCUT2D eigenvalue weighted by atomic mass is 32.2. The van der Waals surface area contributed by atoms with Crippen LogP contribution in [0.3, 0.4) is 0 Å². The fraction of sp³-hybridized carbons (Fsp3) is 0.833. The zero-order valence-electron chi connectivity index (χ0n) is 10.4. The summed E-state index contributed by atoms with van der Waals surface area (Å²) < 4.78 is 0. The molecule has 1 saturated carbocycles. The Morgan fingerprint density at radius 2 is 2.00 bits per heavy atom. The Balaban J connectivity index is 1.95. The predicted molar refractivity (Wildman–Crippen MR) is 70.4 cm³/mol. The van der Waals surface area contributed by atoms with E-state index >= 15 is 0 Å². The summed E-state index contributed by atoms with van der Waals surface area (Å²) in [6.45, 7) is 0. The van der Waals surface area contributed by atoms with Crippen LogP contribution in [0, 0.1) is 5.92 Å². The molecule has 2 rings (SSSR count). The molecule has 3 atom stereocenters. The maximum absolute atomic E-state index is 12.0. The molecular formula is C12H20N2O3S. The summed E-state index contributed by atoms with van der Waals surface area (Å²) in [5.41, 5.74) is 0. The molecule has 1 saturated heterocycles. The number of thioether (sulfide) groups is 1. The molecule has 2 aliphatic rings. The Kier molecular flexibility index (Phi) is 4.88. The van der Waals surface area contributed by atoms with Crippen molar-refractivity contribution < 1.29 is 14.7 Å². The van der Waals surface area contributed by atoms with Gasteiger partial charge in [-0.3, -0.25) is 14.9 Å². The quantitative estimate of drug-likeness (QED) is 0.662. The second-order valence-corrected chi connectivity index (χ2v) is 6.00. The molecule has 6 heteroatoms. The van der Waals surface area contributed by atoms with E-state index in [0.717, 1.165) is 37.3 Å². The van der Waals surface area contributed by atoms with Crippen LogP contribution >= 0.6 is 11.8 Å². The van der Waals surface area contributed by atoms with Gasteiger partial charge < -0.3 is 10.4 Å². The van der Waals surface area contributed by atoms with E-state index in [0.29, 0.717) is 6.42 Å². The molecule has 0 aromatic carbocycles. The minimum absolute atomic E-state index is 0.0434. The van der Waals surface area contributed by atoms with Gasteiger partial charge in [-0.25, -0.2) is 0 Å². The number of carboxylic acid groups (broad SMARTS) is 1. The van der Waals surface area contributed by atoms with Crippen LogP contribution in [-0.4, -0.2) is 40.7 Å². The molecule has 1 heterocycles. The molecule has 0 radical (unpaired) electrons. The van der Waals surface area contributed by atoms with Crippen molar-refractivity contribution >= 4 is 23.6 Å². The first-order chi connectivity index (χ1) is 8.68. The van der Waals surface area contributed by atoms with Gasteiger partial charge in [-0.15, -0.1) is 11.8 Å².